The van der Waals surface area contributed by atoms with Gasteiger partial charge in [-0.2, -0.15) is 4.98 Å². The zero-order valence-electron chi connectivity index (χ0n) is 16.6. The summed E-state index contributed by atoms with van der Waals surface area (Å²) < 4.78 is 18.5. The third-order valence-electron chi connectivity index (χ3n) is 4.76. The van der Waals surface area contributed by atoms with Crippen molar-refractivity contribution >= 4 is 35.0 Å². The van der Waals surface area contributed by atoms with E-state index in [1.807, 2.05) is 30.3 Å². The molecule has 7 nitrogen and oxygen atoms in total. The van der Waals surface area contributed by atoms with Gasteiger partial charge in [-0.15, -0.1) is 0 Å². The minimum absolute atomic E-state index is 0.00119. The number of amides is 1. The highest BCUT2D eigenvalue weighted by molar-refractivity contribution is 6.32. The molecular formula is C22H21ClFN5O2. The van der Waals surface area contributed by atoms with Crippen LogP contribution in [-0.4, -0.2) is 40.5 Å². The summed E-state index contributed by atoms with van der Waals surface area (Å²) in [7, 11) is 0. The minimum atomic E-state index is -0.295. The van der Waals surface area contributed by atoms with Gasteiger partial charge >= 0.3 is 0 Å². The van der Waals surface area contributed by atoms with E-state index in [0.29, 0.717) is 43.0 Å². The standard InChI is InChI=1S/C22H21ClFN5O2/c23-19-12-26-22(28-21(19)25-11-16-2-1-3-17(24)10-16)27-18-6-4-15(5-7-18)13-29-8-9-31-14-20(29)30/h1-7,10,12H,8-9,11,13-14H2,(H2,25,26,27,28). The van der Waals surface area contributed by atoms with Crippen molar-refractivity contribution in [2.24, 2.45) is 0 Å². The Morgan fingerprint density at radius 2 is 2.00 bits per heavy atom. The summed E-state index contributed by atoms with van der Waals surface area (Å²) in [6.07, 6.45) is 1.50. The molecule has 1 saturated heterocycles. The molecule has 1 aromatic heterocycles. The molecule has 9 heteroatoms. The van der Waals surface area contributed by atoms with E-state index in [4.69, 9.17) is 16.3 Å². The Morgan fingerprint density at radius 3 is 2.77 bits per heavy atom. The average molecular weight is 442 g/mol. The number of halogens is 2. The number of anilines is 3. The van der Waals surface area contributed by atoms with Crippen LogP contribution in [-0.2, 0) is 22.6 Å². The Hall–Kier alpha value is -3.23. The third kappa shape index (κ3) is 5.68. The van der Waals surface area contributed by atoms with Crippen molar-refractivity contribution in [3.8, 4) is 0 Å². The first kappa shape index (κ1) is 21.0. The molecule has 1 aliphatic rings. The quantitative estimate of drug-likeness (QED) is 0.577. The lowest BCUT2D eigenvalue weighted by atomic mass is 10.2. The summed E-state index contributed by atoms with van der Waals surface area (Å²) in [5, 5.41) is 6.61. The number of benzene rings is 2. The Morgan fingerprint density at radius 1 is 1.16 bits per heavy atom. The van der Waals surface area contributed by atoms with Gasteiger partial charge < -0.3 is 20.3 Å². The summed E-state index contributed by atoms with van der Waals surface area (Å²) in [4.78, 5) is 22.3. The summed E-state index contributed by atoms with van der Waals surface area (Å²) in [6.45, 7) is 2.23. The lowest BCUT2D eigenvalue weighted by Crippen LogP contribution is -2.40. The number of rotatable bonds is 7. The molecule has 0 spiro atoms. The molecule has 0 bridgehead atoms. The lowest BCUT2D eigenvalue weighted by molar-refractivity contribution is -0.143. The lowest BCUT2D eigenvalue weighted by Gasteiger charge is -2.26. The second-order valence-electron chi connectivity index (χ2n) is 7.06. The van der Waals surface area contributed by atoms with Crippen LogP contribution in [0, 0.1) is 5.82 Å². The highest BCUT2D eigenvalue weighted by atomic mass is 35.5. The van der Waals surface area contributed by atoms with E-state index in [2.05, 4.69) is 20.6 Å². The van der Waals surface area contributed by atoms with Crippen LogP contribution in [0.5, 0.6) is 0 Å². The normalized spacial score (nSPS) is 13.9. The zero-order valence-corrected chi connectivity index (χ0v) is 17.4. The first-order valence-electron chi connectivity index (χ1n) is 9.79. The summed E-state index contributed by atoms with van der Waals surface area (Å²) in [5.41, 5.74) is 2.60. The maximum Gasteiger partial charge on any atom is 0.248 e. The molecule has 31 heavy (non-hydrogen) atoms. The van der Waals surface area contributed by atoms with Gasteiger partial charge in [0.15, 0.2) is 5.82 Å². The number of hydrogen-bond donors (Lipinski definition) is 2. The number of hydrogen-bond acceptors (Lipinski definition) is 6. The predicted molar refractivity (Wildman–Crippen MR) is 117 cm³/mol. The average Bonchev–Trinajstić information content (AvgIpc) is 2.77. The third-order valence-corrected chi connectivity index (χ3v) is 5.04. The van der Waals surface area contributed by atoms with Gasteiger partial charge in [-0.3, -0.25) is 4.79 Å². The van der Waals surface area contributed by atoms with Gasteiger partial charge in [0, 0.05) is 25.3 Å². The Kier molecular flexibility index (Phi) is 6.59. The van der Waals surface area contributed by atoms with Crippen LogP contribution in [0.3, 0.4) is 0 Å². The van der Waals surface area contributed by atoms with Crippen LogP contribution in [0.4, 0.5) is 21.8 Å². The Labute approximate surface area is 184 Å². The molecule has 4 rings (SSSR count). The minimum Gasteiger partial charge on any atom is -0.370 e. The zero-order chi connectivity index (χ0) is 21.6. The van der Waals surface area contributed by atoms with Crippen LogP contribution in [0.2, 0.25) is 5.02 Å². The molecule has 1 amide bonds. The van der Waals surface area contributed by atoms with Crippen molar-refractivity contribution in [2.75, 3.05) is 30.4 Å². The molecule has 3 aromatic rings. The second kappa shape index (κ2) is 9.72. The fraction of sp³-hybridized carbons (Fsp3) is 0.227. The molecule has 160 valence electrons. The van der Waals surface area contributed by atoms with E-state index in [0.717, 1.165) is 16.8 Å². The van der Waals surface area contributed by atoms with Crippen molar-refractivity contribution in [1.29, 1.82) is 0 Å². The summed E-state index contributed by atoms with van der Waals surface area (Å²) >= 11 is 6.19. The molecule has 0 radical (unpaired) electrons. The van der Waals surface area contributed by atoms with E-state index >= 15 is 0 Å². The summed E-state index contributed by atoms with van der Waals surface area (Å²) in [5.74, 6) is 0.534. The molecule has 2 aromatic carbocycles. The monoisotopic (exact) mass is 441 g/mol. The molecular weight excluding hydrogens is 421 g/mol. The SMILES string of the molecule is O=C1COCCN1Cc1ccc(Nc2ncc(Cl)c(NCc3cccc(F)c3)n2)cc1. The van der Waals surface area contributed by atoms with Crippen molar-refractivity contribution in [3.05, 3.63) is 76.7 Å². The molecule has 0 unspecified atom stereocenters. The van der Waals surface area contributed by atoms with E-state index in [-0.39, 0.29) is 18.3 Å². The molecule has 2 heterocycles. The fourth-order valence-corrected chi connectivity index (χ4v) is 3.30. The number of carbonyl (C=O) groups is 1. The number of nitrogens with one attached hydrogen (secondary N) is 2. The van der Waals surface area contributed by atoms with Crippen molar-refractivity contribution in [3.63, 3.8) is 0 Å². The first-order chi connectivity index (χ1) is 15.1. The number of ether oxygens (including phenoxy) is 1. The largest absolute Gasteiger partial charge is 0.370 e. The van der Waals surface area contributed by atoms with Gasteiger partial charge in [0.2, 0.25) is 11.9 Å². The Bertz CT molecular complexity index is 1060. The Balaban J connectivity index is 1.38. The molecule has 0 saturated carbocycles. The fourth-order valence-electron chi connectivity index (χ4n) is 3.14. The maximum absolute atomic E-state index is 13.3. The van der Waals surface area contributed by atoms with Crippen LogP contribution < -0.4 is 10.6 Å². The van der Waals surface area contributed by atoms with E-state index in [9.17, 15) is 9.18 Å². The van der Waals surface area contributed by atoms with Crippen molar-refractivity contribution in [2.45, 2.75) is 13.1 Å². The van der Waals surface area contributed by atoms with E-state index < -0.39 is 0 Å². The predicted octanol–water partition coefficient (Wildman–Crippen LogP) is 3.98. The van der Waals surface area contributed by atoms with E-state index in [1.165, 1.54) is 18.3 Å². The molecule has 0 atom stereocenters. The number of morpholine rings is 1. The van der Waals surface area contributed by atoms with Gasteiger partial charge in [0.25, 0.3) is 0 Å². The maximum atomic E-state index is 13.3. The van der Waals surface area contributed by atoms with Gasteiger partial charge in [-0.1, -0.05) is 35.9 Å². The first-order valence-corrected chi connectivity index (χ1v) is 10.2. The van der Waals surface area contributed by atoms with Crippen LogP contribution in [0.25, 0.3) is 0 Å². The summed E-state index contributed by atoms with van der Waals surface area (Å²) in [6, 6.07) is 14.0. The van der Waals surface area contributed by atoms with Crippen molar-refractivity contribution in [1.82, 2.24) is 14.9 Å². The smallest absolute Gasteiger partial charge is 0.248 e. The van der Waals surface area contributed by atoms with Gasteiger partial charge in [0.1, 0.15) is 17.4 Å². The molecule has 0 aliphatic carbocycles. The van der Waals surface area contributed by atoms with Crippen LogP contribution >= 0.6 is 11.6 Å². The van der Waals surface area contributed by atoms with Gasteiger partial charge in [-0.25, -0.2) is 9.37 Å². The highest BCUT2D eigenvalue weighted by Gasteiger charge is 2.18. The number of carbonyl (C=O) groups excluding carboxylic acids is 1. The van der Waals surface area contributed by atoms with Gasteiger partial charge in [-0.05, 0) is 35.4 Å². The number of aromatic nitrogens is 2. The van der Waals surface area contributed by atoms with Crippen LogP contribution in [0.15, 0.2) is 54.7 Å². The topological polar surface area (TPSA) is 79.4 Å². The van der Waals surface area contributed by atoms with Crippen molar-refractivity contribution < 1.29 is 13.9 Å². The molecule has 1 fully saturated rings. The second-order valence-corrected chi connectivity index (χ2v) is 7.47. The molecule has 2 N–H and O–H groups in total. The van der Waals surface area contributed by atoms with Crippen LogP contribution in [0.1, 0.15) is 11.1 Å². The molecule has 1 aliphatic heterocycles. The van der Waals surface area contributed by atoms with Gasteiger partial charge in [0.05, 0.1) is 12.8 Å². The number of nitrogens with zero attached hydrogens (tertiary/aromatic N) is 3. The van der Waals surface area contributed by atoms with E-state index in [1.54, 1.807) is 11.0 Å². The highest BCUT2D eigenvalue weighted by Crippen LogP contribution is 2.22.